The summed E-state index contributed by atoms with van der Waals surface area (Å²) in [5.41, 5.74) is 0.545. The molecular formula is C24H30N2O6. The largest absolute Gasteiger partial charge is 0.494 e. The first-order valence-corrected chi connectivity index (χ1v) is 11.4. The van der Waals surface area contributed by atoms with Gasteiger partial charge < -0.3 is 14.8 Å². The van der Waals surface area contributed by atoms with Crippen molar-refractivity contribution in [3.63, 3.8) is 0 Å². The summed E-state index contributed by atoms with van der Waals surface area (Å²) < 4.78 is 10.6. The second-order valence-electron chi connectivity index (χ2n) is 9.23. The van der Waals surface area contributed by atoms with E-state index in [0.29, 0.717) is 18.0 Å². The number of esters is 1. The first kappa shape index (κ1) is 22.3. The minimum absolute atomic E-state index is 0.246. The Morgan fingerprint density at radius 1 is 1.06 bits per heavy atom. The number of nitrogens with zero attached hydrogens (tertiary/aromatic N) is 1. The molecule has 8 heteroatoms. The lowest BCUT2D eigenvalue weighted by Crippen LogP contribution is -2.50. The van der Waals surface area contributed by atoms with Gasteiger partial charge in [-0.15, -0.1) is 0 Å². The molecule has 0 radical (unpaired) electrons. The number of benzene rings is 1. The van der Waals surface area contributed by atoms with Crippen LogP contribution in [0.5, 0.6) is 5.75 Å². The molecule has 1 heterocycles. The number of imide groups is 1. The van der Waals surface area contributed by atoms with Crippen molar-refractivity contribution in [1.29, 1.82) is 0 Å². The molecule has 1 aromatic carbocycles. The van der Waals surface area contributed by atoms with Gasteiger partial charge in [0.1, 0.15) is 11.8 Å². The molecule has 0 unspecified atom stereocenters. The molecule has 3 amide bonds. The Labute approximate surface area is 187 Å². The monoisotopic (exact) mass is 442 g/mol. The van der Waals surface area contributed by atoms with Gasteiger partial charge in [-0.1, -0.05) is 13.8 Å². The highest BCUT2D eigenvalue weighted by atomic mass is 16.5. The van der Waals surface area contributed by atoms with Crippen LogP contribution in [0.2, 0.25) is 0 Å². The summed E-state index contributed by atoms with van der Waals surface area (Å²) >= 11 is 0. The summed E-state index contributed by atoms with van der Waals surface area (Å²) in [4.78, 5) is 52.5. The number of amides is 3. The molecule has 3 aliphatic rings. The molecule has 3 fully saturated rings. The van der Waals surface area contributed by atoms with Crippen LogP contribution in [0.3, 0.4) is 0 Å². The standard InChI is InChI=1S/C24H30N2O6/c1-4-31-17-9-7-16(8-10-17)25-18(27)12-32-24(30)21(13(2)3)26-22(28)19-14-5-6-15(11-14)20(19)23(26)29/h7-10,13-15,19-21H,4-6,11-12H2,1-3H3,(H,25,27)/t14-,15-,19+,20+,21-/m0/s1. The smallest absolute Gasteiger partial charge is 0.330 e. The maximum Gasteiger partial charge on any atom is 0.330 e. The number of fused-ring (bicyclic) bond motifs is 5. The highest BCUT2D eigenvalue weighted by molar-refractivity contribution is 6.08. The van der Waals surface area contributed by atoms with Crippen molar-refractivity contribution < 1.29 is 28.7 Å². The fraction of sp³-hybridized carbons (Fsp3) is 0.583. The summed E-state index contributed by atoms with van der Waals surface area (Å²) in [7, 11) is 0. The molecule has 1 aliphatic heterocycles. The van der Waals surface area contributed by atoms with E-state index in [1.54, 1.807) is 38.1 Å². The molecule has 2 aliphatic carbocycles. The van der Waals surface area contributed by atoms with E-state index in [9.17, 15) is 19.2 Å². The van der Waals surface area contributed by atoms with Gasteiger partial charge in [0.2, 0.25) is 11.8 Å². The average Bonchev–Trinajstić information content (AvgIpc) is 3.44. The number of anilines is 1. The summed E-state index contributed by atoms with van der Waals surface area (Å²) in [5.74, 6) is -1.45. The van der Waals surface area contributed by atoms with Gasteiger partial charge in [-0.2, -0.15) is 0 Å². The first-order chi connectivity index (χ1) is 15.3. The van der Waals surface area contributed by atoms with Crippen molar-refractivity contribution >= 4 is 29.4 Å². The number of nitrogens with one attached hydrogen (secondary N) is 1. The van der Waals surface area contributed by atoms with E-state index in [4.69, 9.17) is 9.47 Å². The van der Waals surface area contributed by atoms with Gasteiger partial charge in [-0.05, 0) is 68.2 Å². The average molecular weight is 443 g/mol. The molecule has 2 saturated carbocycles. The van der Waals surface area contributed by atoms with E-state index in [0.717, 1.165) is 24.2 Å². The number of likely N-dealkylation sites (tertiary alicyclic amines) is 1. The van der Waals surface area contributed by atoms with Crippen molar-refractivity contribution in [3.05, 3.63) is 24.3 Å². The zero-order valence-corrected chi connectivity index (χ0v) is 18.7. The van der Waals surface area contributed by atoms with Gasteiger partial charge in [0.25, 0.3) is 5.91 Å². The molecule has 1 N–H and O–H groups in total. The minimum atomic E-state index is -1.02. The van der Waals surface area contributed by atoms with Crippen LogP contribution < -0.4 is 10.1 Å². The summed E-state index contributed by atoms with van der Waals surface area (Å²) in [6.45, 7) is 5.48. The molecule has 32 heavy (non-hydrogen) atoms. The number of ether oxygens (including phenoxy) is 2. The zero-order chi connectivity index (χ0) is 23.0. The fourth-order valence-corrected chi connectivity index (χ4v) is 5.60. The third-order valence-electron chi connectivity index (χ3n) is 6.91. The third-order valence-corrected chi connectivity index (χ3v) is 6.91. The van der Waals surface area contributed by atoms with E-state index in [2.05, 4.69) is 5.32 Å². The van der Waals surface area contributed by atoms with Crippen molar-refractivity contribution in [2.45, 2.75) is 46.1 Å². The van der Waals surface area contributed by atoms with E-state index >= 15 is 0 Å². The highest BCUT2D eigenvalue weighted by Gasteiger charge is 2.62. The van der Waals surface area contributed by atoms with Gasteiger partial charge in [-0.3, -0.25) is 19.3 Å². The second-order valence-corrected chi connectivity index (χ2v) is 9.23. The van der Waals surface area contributed by atoms with E-state index in [1.807, 2.05) is 6.92 Å². The lowest BCUT2D eigenvalue weighted by molar-refractivity contribution is -0.162. The van der Waals surface area contributed by atoms with E-state index in [1.165, 1.54) is 0 Å². The van der Waals surface area contributed by atoms with Crippen molar-refractivity contribution in [2.75, 3.05) is 18.5 Å². The van der Waals surface area contributed by atoms with E-state index < -0.39 is 24.5 Å². The Bertz CT molecular complexity index is 884. The molecule has 172 valence electrons. The molecule has 2 bridgehead atoms. The Balaban J connectivity index is 1.37. The first-order valence-electron chi connectivity index (χ1n) is 11.4. The van der Waals surface area contributed by atoms with Crippen LogP contribution in [0.4, 0.5) is 5.69 Å². The highest BCUT2D eigenvalue weighted by Crippen LogP contribution is 2.56. The topological polar surface area (TPSA) is 102 Å². The van der Waals surface area contributed by atoms with Crippen molar-refractivity contribution in [3.8, 4) is 5.75 Å². The molecule has 0 aromatic heterocycles. The number of hydrogen-bond acceptors (Lipinski definition) is 6. The second kappa shape index (κ2) is 8.92. The Hall–Kier alpha value is -2.90. The van der Waals surface area contributed by atoms with E-state index in [-0.39, 0.29) is 41.4 Å². The molecule has 1 aromatic rings. The Morgan fingerprint density at radius 2 is 1.66 bits per heavy atom. The summed E-state index contributed by atoms with van der Waals surface area (Å²) in [5, 5.41) is 2.65. The number of hydrogen-bond donors (Lipinski definition) is 1. The van der Waals surface area contributed by atoms with Gasteiger partial charge in [0, 0.05) is 5.69 Å². The summed E-state index contributed by atoms with van der Waals surface area (Å²) in [6.07, 6.45) is 2.88. The quantitative estimate of drug-likeness (QED) is 0.491. The predicted octanol–water partition coefficient (Wildman–Crippen LogP) is 2.62. The maximum absolute atomic E-state index is 13.1. The van der Waals surface area contributed by atoms with Crippen LogP contribution in [0.1, 0.15) is 40.0 Å². The number of carbonyl (C=O) groups excluding carboxylic acids is 4. The Kier molecular flexibility index (Phi) is 6.22. The van der Waals surface area contributed by atoms with Crippen molar-refractivity contribution in [2.24, 2.45) is 29.6 Å². The van der Waals surface area contributed by atoms with Crippen LogP contribution >= 0.6 is 0 Å². The maximum atomic E-state index is 13.1. The van der Waals surface area contributed by atoms with Crippen LogP contribution in [-0.2, 0) is 23.9 Å². The molecule has 0 spiro atoms. The number of rotatable bonds is 8. The fourth-order valence-electron chi connectivity index (χ4n) is 5.60. The SMILES string of the molecule is CCOc1ccc(NC(=O)COC(=O)[C@H](C(C)C)N2C(=O)[C@@H]3[C@H]4CC[C@@H](C4)[C@H]3C2=O)cc1. The van der Waals surface area contributed by atoms with Gasteiger partial charge in [0.15, 0.2) is 6.61 Å². The summed E-state index contributed by atoms with van der Waals surface area (Å²) in [6, 6.07) is 5.83. The van der Waals surface area contributed by atoms with Gasteiger partial charge >= 0.3 is 5.97 Å². The minimum Gasteiger partial charge on any atom is -0.494 e. The normalized spacial score (nSPS) is 26.9. The van der Waals surface area contributed by atoms with Gasteiger partial charge in [0.05, 0.1) is 18.4 Å². The molecule has 4 rings (SSSR count). The Morgan fingerprint density at radius 3 is 2.19 bits per heavy atom. The lowest BCUT2D eigenvalue weighted by Gasteiger charge is -2.28. The van der Waals surface area contributed by atoms with Crippen LogP contribution in [-0.4, -0.2) is 47.8 Å². The zero-order valence-electron chi connectivity index (χ0n) is 18.7. The van der Waals surface area contributed by atoms with Crippen LogP contribution in [0.25, 0.3) is 0 Å². The third kappa shape index (κ3) is 3.98. The lowest BCUT2D eigenvalue weighted by atomic mass is 9.81. The van der Waals surface area contributed by atoms with Crippen LogP contribution in [0, 0.1) is 29.6 Å². The van der Waals surface area contributed by atoms with Gasteiger partial charge in [-0.25, -0.2) is 4.79 Å². The molecular weight excluding hydrogens is 412 g/mol. The van der Waals surface area contributed by atoms with Crippen molar-refractivity contribution in [1.82, 2.24) is 4.90 Å². The molecule has 5 atom stereocenters. The number of carbonyl (C=O) groups is 4. The van der Waals surface area contributed by atoms with Crippen LogP contribution in [0.15, 0.2) is 24.3 Å². The molecule has 8 nitrogen and oxygen atoms in total. The molecule has 1 saturated heterocycles. The predicted molar refractivity (Wildman–Crippen MR) is 115 cm³/mol.